The normalized spacial score (nSPS) is 16.3. The number of thioether (sulfide) groups is 1. The van der Waals surface area contributed by atoms with E-state index in [1.165, 1.54) is 0 Å². The summed E-state index contributed by atoms with van der Waals surface area (Å²) in [6.07, 6.45) is 0. The van der Waals surface area contributed by atoms with Gasteiger partial charge in [-0.1, -0.05) is 18.2 Å². The zero-order valence-electron chi connectivity index (χ0n) is 16.2. The highest BCUT2D eigenvalue weighted by molar-refractivity contribution is 8.00. The topological polar surface area (TPSA) is 81.9 Å². The van der Waals surface area contributed by atoms with Crippen LogP contribution in [-0.2, 0) is 4.79 Å². The Morgan fingerprint density at radius 1 is 1.18 bits per heavy atom. The van der Waals surface area contributed by atoms with Crippen LogP contribution in [-0.4, -0.2) is 38.5 Å². The Bertz CT molecular complexity index is 1040. The first kappa shape index (κ1) is 18.5. The molecule has 0 saturated carbocycles. The number of ether oxygens (including phenoxy) is 1. The minimum atomic E-state index is -0.0928. The maximum atomic E-state index is 12.5. The monoisotopic (exact) mass is 395 g/mol. The average Bonchev–Trinajstić information content (AvgIpc) is 2.87. The highest BCUT2D eigenvalue weighted by Crippen LogP contribution is 2.46. The number of anilines is 1. The molecule has 0 radical (unpaired) electrons. The summed E-state index contributed by atoms with van der Waals surface area (Å²) in [5.74, 6) is 2.12. The first-order valence-corrected chi connectivity index (χ1v) is 9.99. The summed E-state index contributed by atoms with van der Waals surface area (Å²) >= 11 is 1.56. The predicted octanol–water partition coefficient (Wildman–Crippen LogP) is 3.37. The van der Waals surface area contributed by atoms with Crippen molar-refractivity contribution in [3.63, 3.8) is 0 Å². The van der Waals surface area contributed by atoms with Crippen molar-refractivity contribution in [3.8, 4) is 11.7 Å². The minimum absolute atomic E-state index is 0.0748. The molecule has 8 heteroatoms. The lowest BCUT2D eigenvalue weighted by Crippen LogP contribution is -2.17. The van der Waals surface area contributed by atoms with Gasteiger partial charge < -0.3 is 10.1 Å². The van der Waals surface area contributed by atoms with E-state index in [1.54, 1.807) is 23.6 Å². The van der Waals surface area contributed by atoms with Crippen molar-refractivity contribution in [2.75, 3.05) is 18.2 Å². The number of carbonyl (C=O) groups excluding carboxylic acids is 1. The van der Waals surface area contributed by atoms with Gasteiger partial charge >= 0.3 is 0 Å². The van der Waals surface area contributed by atoms with Crippen molar-refractivity contribution in [2.24, 2.45) is 0 Å². The Morgan fingerprint density at radius 3 is 2.61 bits per heavy atom. The summed E-state index contributed by atoms with van der Waals surface area (Å²) in [7, 11) is 1.66. The predicted molar refractivity (Wildman–Crippen MR) is 109 cm³/mol. The van der Waals surface area contributed by atoms with Crippen LogP contribution in [0.1, 0.15) is 33.5 Å². The Balaban J connectivity index is 1.93. The van der Waals surface area contributed by atoms with Gasteiger partial charge in [-0.3, -0.25) is 4.79 Å². The van der Waals surface area contributed by atoms with Gasteiger partial charge in [0.1, 0.15) is 11.6 Å². The molecule has 144 valence electrons. The molecule has 1 atom stereocenters. The number of para-hydroxylation sites is 1. The lowest BCUT2D eigenvalue weighted by Gasteiger charge is -2.18. The highest BCUT2D eigenvalue weighted by atomic mass is 32.2. The zero-order valence-corrected chi connectivity index (χ0v) is 17.0. The molecule has 0 bridgehead atoms. The number of aromatic nitrogens is 4. The molecule has 1 aliphatic heterocycles. The average molecular weight is 395 g/mol. The standard InChI is InChI=1S/C20H21N5O2S/c1-11-9-12(2)22-20(21-11)25-19-17(13(3)24-25)18(28-10-16(26)23-19)14-7-5-6-8-15(14)27-4/h5-9,18H,10H2,1-4H3,(H,23,26). The summed E-state index contributed by atoms with van der Waals surface area (Å²) in [5.41, 5.74) is 4.48. The third-order valence-electron chi connectivity index (χ3n) is 4.59. The van der Waals surface area contributed by atoms with Crippen molar-refractivity contribution in [1.29, 1.82) is 0 Å². The Morgan fingerprint density at radius 2 is 1.89 bits per heavy atom. The van der Waals surface area contributed by atoms with E-state index in [0.717, 1.165) is 34.0 Å². The van der Waals surface area contributed by atoms with E-state index in [-0.39, 0.29) is 11.2 Å². The first-order valence-electron chi connectivity index (χ1n) is 8.94. The van der Waals surface area contributed by atoms with Crippen LogP contribution in [0.25, 0.3) is 5.95 Å². The Hall–Kier alpha value is -2.87. The number of fused-ring (bicyclic) bond motifs is 1. The molecule has 0 fully saturated rings. The summed E-state index contributed by atoms with van der Waals surface area (Å²) in [4.78, 5) is 21.5. The molecule has 1 amide bonds. The third-order valence-corrected chi connectivity index (χ3v) is 5.84. The van der Waals surface area contributed by atoms with E-state index in [1.807, 2.05) is 51.1 Å². The first-order chi connectivity index (χ1) is 13.5. The largest absolute Gasteiger partial charge is 0.496 e. The number of nitrogens with one attached hydrogen (secondary N) is 1. The van der Waals surface area contributed by atoms with Crippen LogP contribution in [0.2, 0.25) is 0 Å². The third kappa shape index (κ3) is 3.24. The molecule has 1 aromatic carbocycles. The van der Waals surface area contributed by atoms with E-state index in [4.69, 9.17) is 4.74 Å². The molecule has 28 heavy (non-hydrogen) atoms. The number of nitrogens with zero attached hydrogens (tertiary/aromatic N) is 4. The molecular formula is C20H21N5O2S. The van der Waals surface area contributed by atoms with Gasteiger partial charge in [0.25, 0.3) is 5.95 Å². The number of carbonyl (C=O) groups is 1. The van der Waals surface area contributed by atoms with Crippen molar-refractivity contribution in [3.05, 3.63) is 58.5 Å². The van der Waals surface area contributed by atoms with Crippen molar-refractivity contribution >= 4 is 23.5 Å². The molecule has 3 heterocycles. The number of benzene rings is 1. The van der Waals surface area contributed by atoms with Crippen molar-refractivity contribution in [2.45, 2.75) is 26.0 Å². The summed E-state index contributed by atoms with van der Waals surface area (Å²) in [5, 5.41) is 7.59. The number of methoxy groups -OCH3 is 1. The molecule has 1 unspecified atom stereocenters. The molecule has 1 aliphatic rings. The van der Waals surface area contributed by atoms with Gasteiger partial charge in [-0.05, 0) is 32.9 Å². The van der Waals surface area contributed by atoms with Crippen LogP contribution >= 0.6 is 11.8 Å². The zero-order chi connectivity index (χ0) is 19.8. The van der Waals surface area contributed by atoms with E-state index < -0.39 is 0 Å². The van der Waals surface area contributed by atoms with Gasteiger partial charge in [0.15, 0.2) is 0 Å². The van der Waals surface area contributed by atoms with E-state index >= 15 is 0 Å². The fraction of sp³-hybridized carbons (Fsp3) is 0.300. The number of hydrogen-bond donors (Lipinski definition) is 1. The smallest absolute Gasteiger partial charge is 0.252 e. The van der Waals surface area contributed by atoms with E-state index in [9.17, 15) is 4.79 Å². The number of hydrogen-bond acceptors (Lipinski definition) is 6. The molecule has 2 aromatic heterocycles. The van der Waals surface area contributed by atoms with Gasteiger partial charge in [0.2, 0.25) is 5.91 Å². The molecule has 0 spiro atoms. The van der Waals surface area contributed by atoms with Crippen LogP contribution < -0.4 is 10.1 Å². The van der Waals surface area contributed by atoms with E-state index in [2.05, 4.69) is 20.4 Å². The number of rotatable bonds is 3. The quantitative estimate of drug-likeness (QED) is 0.732. The highest BCUT2D eigenvalue weighted by Gasteiger charge is 2.32. The Kier molecular flexibility index (Phi) is 4.80. The van der Waals surface area contributed by atoms with Crippen LogP contribution in [0, 0.1) is 20.8 Å². The Labute approximate surface area is 167 Å². The van der Waals surface area contributed by atoms with Crippen molar-refractivity contribution in [1.82, 2.24) is 19.7 Å². The summed E-state index contributed by atoms with van der Waals surface area (Å²) in [6, 6.07) is 9.78. The second kappa shape index (κ2) is 7.27. The summed E-state index contributed by atoms with van der Waals surface area (Å²) in [6.45, 7) is 5.77. The van der Waals surface area contributed by atoms with Crippen LogP contribution in [0.3, 0.4) is 0 Å². The molecular weight excluding hydrogens is 374 g/mol. The van der Waals surface area contributed by atoms with Gasteiger partial charge in [-0.15, -0.1) is 11.8 Å². The van der Waals surface area contributed by atoms with Gasteiger partial charge in [0, 0.05) is 22.5 Å². The molecule has 1 N–H and O–H groups in total. The lowest BCUT2D eigenvalue weighted by molar-refractivity contribution is -0.113. The van der Waals surface area contributed by atoms with E-state index in [0.29, 0.717) is 17.5 Å². The van der Waals surface area contributed by atoms with Crippen molar-refractivity contribution < 1.29 is 9.53 Å². The summed E-state index contributed by atoms with van der Waals surface area (Å²) < 4.78 is 7.21. The fourth-order valence-corrected chi connectivity index (χ4v) is 4.67. The number of amides is 1. The van der Waals surface area contributed by atoms with Gasteiger partial charge in [0.05, 0.1) is 23.8 Å². The van der Waals surface area contributed by atoms with Gasteiger partial charge in [-0.2, -0.15) is 9.78 Å². The fourth-order valence-electron chi connectivity index (χ4n) is 3.46. The lowest BCUT2D eigenvalue weighted by atomic mass is 10.0. The molecule has 0 aliphatic carbocycles. The SMILES string of the molecule is COc1ccccc1C1SCC(=O)Nc2c1c(C)nn2-c1nc(C)cc(C)n1. The molecule has 4 rings (SSSR count). The maximum absolute atomic E-state index is 12.5. The molecule has 3 aromatic rings. The van der Waals surface area contributed by atoms with Crippen LogP contribution in [0.15, 0.2) is 30.3 Å². The molecule has 7 nitrogen and oxygen atoms in total. The number of aryl methyl sites for hydroxylation is 3. The second-order valence-electron chi connectivity index (χ2n) is 6.69. The second-order valence-corrected chi connectivity index (χ2v) is 7.78. The van der Waals surface area contributed by atoms with Gasteiger partial charge in [-0.25, -0.2) is 9.97 Å². The minimum Gasteiger partial charge on any atom is -0.496 e. The van der Waals surface area contributed by atoms with Crippen LogP contribution in [0.5, 0.6) is 5.75 Å². The molecule has 0 saturated heterocycles. The maximum Gasteiger partial charge on any atom is 0.252 e. The van der Waals surface area contributed by atoms with Crippen LogP contribution in [0.4, 0.5) is 5.82 Å².